The van der Waals surface area contributed by atoms with E-state index in [0.29, 0.717) is 5.92 Å². The maximum absolute atomic E-state index is 13.1. The summed E-state index contributed by atoms with van der Waals surface area (Å²) in [4.78, 5) is 0. The molecule has 0 heterocycles. The zero-order valence-electron chi connectivity index (χ0n) is 11.0. The summed E-state index contributed by atoms with van der Waals surface area (Å²) in [7, 11) is 0. The van der Waals surface area contributed by atoms with Crippen molar-refractivity contribution in [3.8, 4) is 5.75 Å². The number of ether oxygens (including phenoxy) is 1. The van der Waals surface area contributed by atoms with E-state index >= 15 is 0 Å². The minimum absolute atomic E-state index is 0.0326. The molecule has 1 atom stereocenters. The fourth-order valence-electron chi connectivity index (χ4n) is 2.31. The Morgan fingerprint density at radius 2 is 2.11 bits per heavy atom. The Hall–Kier alpha value is -1.20. The van der Waals surface area contributed by atoms with E-state index in [1.165, 1.54) is 6.07 Å². The highest BCUT2D eigenvalue weighted by Gasteiger charge is 2.45. The fraction of sp³-hybridized carbons (Fsp3) is 0.571. The van der Waals surface area contributed by atoms with Crippen LogP contribution in [0.1, 0.15) is 19.8 Å². The van der Waals surface area contributed by atoms with Gasteiger partial charge in [0.05, 0.1) is 12.1 Å². The van der Waals surface area contributed by atoms with Crippen LogP contribution in [0.2, 0.25) is 0 Å². The molecule has 5 heteroatoms. The predicted molar refractivity (Wildman–Crippen MR) is 68.1 cm³/mol. The number of rotatable bonds is 7. The molecule has 0 bridgehead atoms. The number of benzene rings is 1. The van der Waals surface area contributed by atoms with Crippen molar-refractivity contribution in [1.29, 1.82) is 0 Å². The first kappa shape index (κ1) is 14.2. The van der Waals surface area contributed by atoms with E-state index in [0.717, 1.165) is 31.5 Å². The van der Waals surface area contributed by atoms with Gasteiger partial charge in [-0.25, -0.2) is 8.78 Å². The molecule has 1 aromatic carbocycles. The summed E-state index contributed by atoms with van der Waals surface area (Å²) >= 11 is 0. The van der Waals surface area contributed by atoms with Crippen molar-refractivity contribution in [2.75, 3.05) is 19.8 Å². The van der Waals surface area contributed by atoms with Crippen LogP contribution >= 0.6 is 0 Å². The van der Waals surface area contributed by atoms with Crippen LogP contribution in [-0.4, -0.2) is 30.4 Å². The molecule has 2 rings (SSSR count). The lowest BCUT2D eigenvalue weighted by Gasteiger charge is -2.32. The molecule has 1 fully saturated rings. The minimum Gasteiger partial charge on any atom is -0.491 e. The average molecular weight is 271 g/mol. The van der Waals surface area contributed by atoms with Gasteiger partial charge >= 0.3 is 0 Å². The molecular weight excluding hydrogens is 252 g/mol. The molecule has 2 N–H and O–H groups in total. The third-order valence-electron chi connectivity index (χ3n) is 3.56. The van der Waals surface area contributed by atoms with Gasteiger partial charge in [0.1, 0.15) is 12.4 Å². The monoisotopic (exact) mass is 271 g/mol. The summed E-state index contributed by atoms with van der Waals surface area (Å²) < 4.78 is 31.4. The van der Waals surface area contributed by atoms with Crippen molar-refractivity contribution in [1.82, 2.24) is 5.32 Å². The van der Waals surface area contributed by atoms with E-state index in [9.17, 15) is 13.9 Å². The molecule has 1 aliphatic rings. The van der Waals surface area contributed by atoms with Crippen molar-refractivity contribution in [3.05, 3.63) is 29.8 Å². The number of nitrogens with one attached hydrogen (secondary N) is 1. The number of aliphatic hydroxyl groups excluding tert-OH is 1. The van der Waals surface area contributed by atoms with Gasteiger partial charge in [0.2, 0.25) is 0 Å². The van der Waals surface area contributed by atoms with Crippen molar-refractivity contribution >= 4 is 0 Å². The van der Waals surface area contributed by atoms with Crippen molar-refractivity contribution in [2.45, 2.75) is 25.3 Å². The number of likely N-dealkylation sites (N-methyl/N-ethyl adjacent to an activating group) is 1. The van der Waals surface area contributed by atoms with Gasteiger partial charge in [0.15, 0.2) is 11.6 Å². The standard InChI is InChI=1S/C14H19F2NO2/c1-2-17-14(8-18,10-3-4-10)9-19-11-5-6-12(15)13(16)7-11/h5-7,10,17-18H,2-4,8-9H2,1H3. The van der Waals surface area contributed by atoms with Gasteiger partial charge in [0.25, 0.3) is 0 Å². The Morgan fingerprint density at radius 3 is 2.63 bits per heavy atom. The SMILES string of the molecule is CCNC(CO)(COc1ccc(F)c(F)c1)C1CC1. The molecule has 106 valence electrons. The summed E-state index contributed by atoms with van der Waals surface area (Å²) in [6.07, 6.45) is 2.10. The van der Waals surface area contributed by atoms with Gasteiger partial charge in [-0.2, -0.15) is 0 Å². The molecule has 0 radical (unpaired) electrons. The van der Waals surface area contributed by atoms with E-state index in [1.807, 2.05) is 6.92 Å². The van der Waals surface area contributed by atoms with Gasteiger partial charge < -0.3 is 15.2 Å². The molecule has 0 saturated heterocycles. The largest absolute Gasteiger partial charge is 0.491 e. The zero-order valence-corrected chi connectivity index (χ0v) is 11.0. The number of aliphatic hydroxyl groups is 1. The molecule has 0 spiro atoms. The predicted octanol–water partition coefficient (Wildman–Crippen LogP) is 2.09. The highest BCUT2D eigenvalue weighted by molar-refractivity contribution is 5.24. The summed E-state index contributed by atoms with van der Waals surface area (Å²) in [5.41, 5.74) is -0.486. The molecule has 0 amide bonds. The lowest BCUT2D eigenvalue weighted by Crippen LogP contribution is -2.55. The molecule has 1 aliphatic carbocycles. The number of halogens is 2. The second-order valence-corrected chi connectivity index (χ2v) is 4.98. The molecule has 1 unspecified atom stereocenters. The second-order valence-electron chi connectivity index (χ2n) is 4.98. The molecule has 0 aliphatic heterocycles. The smallest absolute Gasteiger partial charge is 0.162 e. The summed E-state index contributed by atoms with van der Waals surface area (Å²) in [5.74, 6) is -1.17. The second kappa shape index (κ2) is 5.84. The van der Waals surface area contributed by atoms with Crippen LogP contribution in [-0.2, 0) is 0 Å². The molecule has 1 aromatic rings. The van der Waals surface area contributed by atoms with Crippen LogP contribution in [0.5, 0.6) is 5.75 Å². The van der Waals surface area contributed by atoms with E-state index in [-0.39, 0.29) is 19.0 Å². The van der Waals surface area contributed by atoms with Crippen molar-refractivity contribution in [3.63, 3.8) is 0 Å². The Balaban J connectivity index is 2.03. The lowest BCUT2D eigenvalue weighted by atomic mass is 9.95. The van der Waals surface area contributed by atoms with Gasteiger partial charge in [-0.1, -0.05) is 6.92 Å². The lowest BCUT2D eigenvalue weighted by molar-refractivity contribution is 0.0862. The Labute approximate surface area is 111 Å². The average Bonchev–Trinajstić information content (AvgIpc) is 3.23. The minimum atomic E-state index is -0.929. The van der Waals surface area contributed by atoms with Gasteiger partial charge in [-0.15, -0.1) is 0 Å². The topological polar surface area (TPSA) is 41.5 Å². The molecule has 3 nitrogen and oxygen atoms in total. The van der Waals surface area contributed by atoms with Crippen molar-refractivity contribution < 1.29 is 18.6 Å². The Bertz CT molecular complexity index is 437. The van der Waals surface area contributed by atoms with E-state index < -0.39 is 17.2 Å². The molecule has 0 aromatic heterocycles. The molecule has 1 saturated carbocycles. The highest BCUT2D eigenvalue weighted by Crippen LogP contribution is 2.39. The third-order valence-corrected chi connectivity index (χ3v) is 3.56. The first-order valence-corrected chi connectivity index (χ1v) is 6.55. The van der Waals surface area contributed by atoms with E-state index in [2.05, 4.69) is 5.32 Å². The number of hydrogen-bond acceptors (Lipinski definition) is 3. The van der Waals surface area contributed by atoms with Crippen molar-refractivity contribution in [2.24, 2.45) is 5.92 Å². The summed E-state index contributed by atoms with van der Waals surface area (Å²) in [5, 5.41) is 12.9. The quantitative estimate of drug-likeness (QED) is 0.798. The Kier molecular flexibility index (Phi) is 4.37. The van der Waals surface area contributed by atoms with Crippen LogP contribution in [0.15, 0.2) is 18.2 Å². The van der Waals surface area contributed by atoms with E-state index in [4.69, 9.17) is 4.74 Å². The zero-order chi connectivity index (χ0) is 13.9. The maximum atomic E-state index is 13.1. The third kappa shape index (κ3) is 3.22. The Morgan fingerprint density at radius 1 is 1.37 bits per heavy atom. The van der Waals surface area contributed by atoms with Crippen LogP contribution in [0, 0.1) is 17.6 Å². The van der Waals surface area contributed by atoms with Crippen LogP contribution in [0.25, 0.3) is 0 Å². The summed E-state index contributed by atoms with van der Waals surface area (Å²) in [6, 6.07) is 3.45. The van der Waals surface area contributed by atoms with Crippen LogP contribution in [0.4, 0.5) is 8.78 Å². The first-order valence-electron chi connectivity index (χ1n) is 6.55. The number of hydrogen-bond donors (Lipinski definition) is 2. The fourth-order valence-corrected chi connectivity index (χ4v) is 2.31. The maximum Gasteiger partial charge on any atom is 0.162 e. The first-order chi connectivity index (χ1) is 9.11. The normalized spacial score (nSPS) is 18.1. The van der Waals surface area contributed by atoms with Crippen LogP contribution in [0.3, 0.4) is 0 Å². The van der Waals surface area contributed by atoms with Gasteiger partial charge in [0, 0.05) is 6.07 Å². The molecular formula is C14H19F2NO2. The van der Waals surface area contributed by atoms with Gasteiger partial charge in [-0.3, -0.25) is 0 Å². The van der Waals surface area contributed by atoms with Crippen LogP contribution < -0.4 is 10.1 Å². The molecule has 19 heavy (non-hydrogen) atoms. The van der Waals surface area contributed by atoms with Gasteiger partial charge in [-0.05, 0) is 37.4 Å². The summed E-state index contributed by atoms with van der Waals surface area (Å²) in [6.45, 7) is 2.89. The highest BCUT2D eigenvalue weighted by atomic mass is 19.2. The van der Waals surface area contributed by atoms with E-state index in [1.54, 1.807) is 0 Å².